The average Bonchev–Trinajstić information content (AvgIpc) is 3.11. The van der Waals surface area contributed by atoms with E-state index < -0.39 is 9.84 Å². The Hall–Kier alpha value is -1.47. The lowest BCUT2D eigenvalue weighted by Crippen LogP contribution is -2.09. The number of rotatable bonds is 5. The van der Waals surface area contributed by atoms with E-state index in [0.29, 0.717) is 22.5 Å². The molecule has 0 aromatic carbocycles. The minimum atomic E-state index is -3.46. The van der Waals surface area contributed by atoms with Crippen LogP contribution in [-0.4, -0.2) is 23.5 Å². The fourth-order valence-corrected chi connectivity index (χ4v) is 4.16. The Labute approximate surface area is 133 Å². The predicted molar refractivity (Wildman–Crippen MR) is 81.1 cm³/mol. The highest BCUT2D eigenvalue weighted by Crippen LogP contribution is 2.32. The zero-order valence-electron chi connectivity index (χ0n) is 11.9. The summed E-state index contributed by atoms with van der Waals surface area (Å²) in [5, 5.41) is 4.25. The number of halogens is 1. The Morgan fingerprint density at radius 2 is 2.05 bits per heavy atom. The fourth-order valence-electron chi connectivity index (χ4n) is 2.65. The van der Waals surface area contributed by atoms with Crippen LogP contribution in [0.3, 0.4) is 0 Å². The van der Waals surface area contributed by atoms with Gasteiger partial charge in [0.05, 0.1) is 16.5 Å². The van der Waals surface area contributed by atoms with Crippen molar-refractivity contribution in [2.24, 2.45) is 0 Å². The van der Waals surface area contributed by atoms with Gasteiger partial charge in [-0.3, -0.25) is 4.98 Å². The fraction of sp³-hybridized carbons (Fsp3) is 0.500. The summed E-state index contributed by atoms with van der Waals surface area (Å²) in [6.45, 7) is 0. The third-order valence-electron chi connectivity index (χ3n) is 3.74. The molecule has 2 aromatic rings. The third kappa shape index (κ3) is 3.64. The van der Waals surface area contributed by atoms with Crippen molar-refractivity contribution in [1.29, 1.82) is 0 Å². The number of aromatic nitrogens is 3. The first kappa shape index (κ1) is 15.4. The molecule has 0 aliphatic heterocycles. The van der Waals surface area contributed by atoms with Crippen molar-refractivity contribution in [3.63, 3.8) is 0 Å². The van der Waals surface area contributed by atoms with Crippen LogP contribution in [0.5, 0.6) is 0 Å². The van der Waals surface area contributed by atoms with Gasteiger partial charge in [-0.25, -0.2) is 8.42 Å². The van der Waals surface area contributed by atoms with Crippen LogP contribution in [0.25, 0.3) is 0 Å². The lowest BCUT2D eigenvalue weighted by atomic mass is 10.1. The third-order valence-corrected chi connectivity index (χ3v) is 5.48. The van der Waals surface area contributed by atoms with E-state index in [0.717, 1.165) is 25.7 Å². The number of hydrogen-bond acceptors (Lipinski definition) is 6. The highest BCUT2D eigenvalue weighted by atomic mass is 35.5. The average molecular weight is 342 g/mol. The Kier molecular flexibility index (Phi) is 4.44. The van der Waals surface area contributed by atoms with Crippen molar-refractivity contribution >= 4 is 21.4 Å². The van der Waals surface area contributed by atoms with Gasteiger partial charge in [0.15, 0.2) is 15.7 Å². The number of hydrogen-bond donors (Lipinski definition) is 0. The molecule has 1 aliphatic rings. The summed E-state index contributed by atoms with van der Waals surface area (Å²) < 4.78 is 29.5. The molecule has 6 nitrogen and oxygen atoms in total. The van der Waals surface area contributed by atoms with Gasteiger partial charge in [-0.05, 0) is 25.0 Å². The molecule has 2 heterocycles. The quantitative estimate of drug-likeness (QED) is 0.831. The van der Waals surface area contributed by atoms with E-state index in [1.54, 1.807) is 12.1 Å². The van der Waals surface area contributed by atoms with Gasteiger partial charge in [0.1, 0.15) is 5.75 Å². The molecule has 8 heteroatoms. The van der Waals surface area contributed by atoms with Gasteiger partial charge < -0.3 is 4.52 Å². The first-order valence-electron chi connectivity index (χ1n) is 7.16. The van der Waals surface area contributed by atoms with E-state index in [1.807, 2.05) is 0 Å². The zero-order valence-corrected chi connectivity index (χ0v) is 13.5. The Morgan fingerprint density at radius 1 is 1.27 bits per heavy atom. The molecule has 1 fully saturated rings. The molecule has 22 heavy (non-hydrogen) atoms. The molecule has 0 spiro atoms. The second-order valence-corrected chi connectivity index (χ2v) is 7.96. The molecule has 0 atom stereocenters. The van der Waals surface area contributed by atoms with E-state index in [1.165, 1.54) is 6.20 Å². The Bertz CT molecular complexity index is 754. The van der Waals surface area contributed by atoms with Crippen LogP contribution < -0.4 is 0 Å². The minimum Gasteiger partial charge on any atom is -0.338 e. The second-order valence-electron chi connectivity index (χ2n) is 5.49. The number of pyridine rings is 1. The maximum atomic E-state index is 12.2. The summed E-state index contributed by atoms with van der Waals surface area (Å²) in [6, 6.07) is 3.27. The first-order chi connectivity index (χ1) is 10.5. The highest BCUT2D eigenvalue weighted by molar-refractivity contribution is 7.89. The maximum absolute atomic E-state index is 12.2. The molecule has 3 rings (SSSR count). The van der Waals surface area contributed by atoms with Crippen molar-refractivity contribution in [2.45, 2.75) is 43.1 Å². The molecule has 0 bridgehead atoms. The van der Waals surface area contributed by atoms with Crippen LogP contribution in [-0.2, 0) is 21.3 Å². The van der Waals surface area contributed by atoms with Crippen molar-refractivity contribution in [3.8, 4) is 0 Å². The van der Waals surface area contributed by atoms with Crippen molar-refractivity contribution in [1.82, 2.24) is 15.1 Å². The van der Waals surface area contributed by atoms with Crippen molar-refractivity contribution in [2.75, 3.05) is 0 Å². The molecule has 118 valence electrons. The van der Waals surface area contributed by atoms with Crippen LogP contribution in [0.1, 0.15) is 49.0 Å². The van der Waals surface area contributed by atoms with E-state index in [2.05, 4.69) is 15.1 Å². The van der Waals surface area contributed by atoms with Gasteiger partial charge in [-0.2, -0.15) is 4.98 Å². The molecule has 1 aliphatic carbocycles. The normalized spacial score (nSPS) is 16.2. The zero-order chi connectivity index (χ0) is 15.6. The molecule has 0 N–H and O–H groups in total. The van der Waals surface area contributed by atoms with E-state index in [9.17, 15) is 8.42 Å². The van der Waals surface area contributed by atoms with Gasteiger partial charge in [0.25, 0.3) is 0 Å². The maximum Gasteiger partial charge on any atom is 0.241 e. The van der Waals surface area contributed by atoms with Crippen LogP contribution in [0, 0.1) is 0 Å². The highest BCUT2D eigenvalue weighted by Gasteiger charge is 2.25. The summed E-state index contributed by atoms with van der Waals surface area (Å²) in [4.78, 5) is 8.23. The molecular formula is C14H16ClN3O3S. The van der Waals surface area contributed by atoms with Crippen LogP contribution >= 0.6 is 11.6 Å². The summed E-state index contributed by atoms with van der Waals surface area (Å²) in [5.74, 6) is 0.519. The lowest BCUT2D eigenvalue weighted by Gasteiger charge is -2.03. The summed E-state index contributed by atoms with van der Waals surface area (Å²) in [6.07, 6.45) is 5.90. The van der Waals surface area contributed by atoms with Gasteiger partial charge >= 0.3 is 0 Å². The first-order valence-corrected chi connectivity index (χ1v) is 9.36. The van der Waals surface area contributed by atoms with Crippen LogP contribution in [0.4, 0.5) is 0 Å². The molecule has 2 aromatic heterocycles. The molecular weight excluding hydrogens is 326 g/mol. The van der Waals surface area contributed by atoms with Crippen LogP contribution in [0.2, 0.25) is 5.02 Å². The molecule has 1 saturated carbocycles. The summed E-state index contributed by atoms with van der Waals surface area (Å²) >= 11 is 5.95. The van der Waals surface area contributed by atoms with Crippen molar-refractivity contribution in [3.05, 3.63) is 40.8 Å². The molecule has 0 radical (unpaired) electrons. The summed E-state index contributed by atoms with van der Waals surface area (Å²) in [7, 11) is -3.46. The molecule has 0 amide bonds. The minimum absolute atomic E-state index is 0.133. The van der Waals surface area contributed by atoms with Gasteiger partial charge in [-0.1, -0.05) is 29.6 Å². The molecule has 0 saturated heterocycles. The van der Waals surface area contributed by atoms with E-state index in [-0.39, 0.29) is 17.4 Å². The monoisotopic (exact) mass is 341 g/mol. The lowest BCUT2D eigenvalue weighted by molar-refractivity contribution is 0.378. The summed E-state index contributed by atoms with van der Waals surface area (Å²) in [5.41, 5.74) is 0.333. The smallest absolute Gasteiger partial charge is 0.241 e. The van der Waals surface area contributed by atoms with E-state index >= 15 is 0 Å². The Morgan fingerprint density at radius 3 is 2.77 bits per heavy atom. The largest absolute Gasteiger partial charge is 0.338 e. The van der Waals surface area contributed by atoms with Crippen molar-refractivity contribution < 1.29 is 12.9 Å². The van der Waals surface area contributed by atoms with E-state index in [4.69, 9.17) is 16.1 Å². The standard InChI is InChI=1S/C14H16ClN3O3S/c15-11-6-3-7-16-12(11)8-22(19,20)9-13-17-14(18-21-13)10-4-1-2-5-10/h3,6-7,10H,1-2,4-5,8-9H2. The number of nitrogens with zero attached hydrogens (tertiary/aromatic N) is 3. The van der Waals surface area contributed by atoms with Gasteiger partial charge in [-0.15, -0.1) is 0 Å². The van der Waals surface area contributed by atoms with Crippen LogP contribution in [0.15, 0.2) is 22.9 Å². The molecule has 0 unspecified atom stereocenters. The predicted octanol–water partition coefficient (Wildman–Crippen LogP) is 2.89. The van der Waals surface area contributed by atoms with Gasteiger partial charge in [0, 0.05) is 12.1 Å². The topological polar surface area (TPSA) is 86.0 Å². The number of sulfone groups is 1. The van der Waals surface area contributed by atoms with Gasteiger partial charge in [0.2, 0.25) is 5.89 Å². The Balaban J connectivity index is 1.70. The second kappa shape index (κ2) is 6.34. The SMILES string of the molecule is O=S(=O)(Cc1nc(C2CCCC2)no1)Cc1ncccc1Cl.